The van der Waals surface area contributed by atoms with Crippen molar-refractivity contribution in [3.8, 4) is 5.75 Å². The predicted molar refractivity (Wildman–Crippen MR) is 187 cm³/mol. The minimum atomic E-state index is -4.39. The third-order valence-electron chi connectivity index (χ3n) is 7.78. The second kappa shape index (κ2) is 16.8. The molecule has 0 fully saturated rings. The summed E-state index contributed by atoms with van der Waals surface area (Å²) >= 11 is 13.1. The Balaban J connectivity index is 1.83. The van der Waals surface area contributed by atoms with Crippen LogP contribution in [-0.2, 0) is 32.6 Å². The topological polar surface area (TPSA) is 96.0 Å². The molecule has 0 unspecified atom stereocenters. The molecule has 2 amide bonds. The molecule has 0 saturated heterocycles. The molecule has 0 bridgehead atoms. The first-order chi connectivity index (χ1) is 22.9. The quantitative estimate of drug-likeness (QED) is 0.140. The van der Waals surface area contributed by atoms with Crippen molar-refractivity contribution in [1.82, 2.24) is 10.2 Å². The number of sulfonamides is 1. The fourth-order valence-corrected chi connectivity index (χ4v) is 6.92. The molecular formula is C36H38Cl2FN3O5S. The largest absolute Gasteiger partial charge is 0.494 e. The lowest BCUT2D eigenvalue weighted by molar-refractivity contribution is -0.140. The van der Waals surface area contributed by atoms with E-state index in [4.69, 9.17) is 27.9 Å². The van der Waals surface area contributed by atoms with Gasteiger partial charge in [0, 0.05) is 34.6 Å². The Morgan fingerprint density at radius 1 is 0.875 bits per heavy atom. The summed E-state index contributed by atoms with van der Waals surface area (Å²) in [4.78, 5) is 29.7. The number of hydrogen-bond donors (Lipinski definition) is 1. The van der Waals surface area contributed by atoms with Crippen molar-refractivity contribution < 1.29 is 27.1 Å². The highest BCUT2D eigenvalue weighted by Crippen LogP contribution is 2.29. The average molecular weight is 715 g/mol. The van der Waals surface area contributed by atoms with E-state index in [0.29, 0.717) is 24.3 Å². The van der Waals surface area contributed by atoms with E-state index >= 15 is 0 Å². The number of rotatable bonds is 15. The number of halogens is 3. The average Bonchev–Trinajstić information content (AvgIpc) is 3.07. The summed E-state index contributed by atoms with van der Waals surface area (Å²) in [5, 5.41) is 3.53. The van der Waals surface area contributed by atoms with Crippen LogP contribution >= 0.6 is 23.2 Å². The third-order valence-corrected chi connectivity index (χ3v) is 10.3. The normalized spacial score (nSPS) is 12.5. The molecule has 254 valence electrons. The molecule has 0 heterocycles. The van der Waals surface area contributed by atoms with E-state index in [2.05, 4.69) is 5.32 Å². The van der Waals surface area contributed by atoms with Crippen molar-refractivity contribution in [2.45, 2.75) is 57.1 Å². The van der Waals surface area contributed by atoms with Crippen LogP contribution in [0.15, 0.2) is 102 Å². The third kappa shape index (κ3) is 9.27. The lowest BCUT2D eigenvalue weighted by atomic mass is 10.0. The molecule has 0 aliphatic rings. The van der Waals surface area contributed by atoms with Gasteiger partial charge in [-0.25, -0.2) is 12.8 Å². The van der Waals surface area contributed by atoms with Crippen molar-refractivity contribution in [3.63, 3.8) is 0 Å². The van der Waals surface area contributed by atoms with Crippen LogP contribution in [0.2, 0.25) is 10.0 Å². The van der Waals surface area contributed by atoms with Gasteiger partial charge in [0.2, 0.25) is 11.8 Å². The van der Waals surface area contributed by atoms with Crippen molar-refractivity contribution in [1.29, 1.82) is 0 Å². The predicted octanol–water partition coefficient (Wildman–Crippen LogP) is 7.28. The number of hydrogen-bond acceptors (Lipinski definition) is 5. The molecule has 1 N–H and O–H groups in total. The number of ether oxygens (including phenoxy) is 1. The Hall–Kier alpha value is -4.12. The number of nitrogens with one attached hydrogen (secondary N) is 1. The lowest BCUT2D eigenvalue weighted by Crippen LogP contribution is -2.54. The van der Waals surface area contributed by atoms with Crippen LogP contribution in [0, 0.1) is 5.82 Å². The molecule has 8 nitrogen and oxygen atoms in total. The van der Waals surface area contributed by atoms with E-state index < -0.39 is 40.2 Å². The molecule has 0 aromatic heterocycles. The first kappa shape index (κ1) is 36.7. The van der Waals surface area contributed by atoms with Crippen LogP contribution in [0.25, 0.3) is 0 Å². The summed E-state index contributed by atoms with van der Waals surface area (Å²) < 4.78 is 48.8. The van der Waals surface area contributed by atoms with Crippen molar-refractivity contribution in [3.05, 3.63) is 124 Å². The maximum absolute atomic E-state index is 14.6. The fraction of sp³-hybridized carbons (Fsp3) is 0.278. The van der Waals surface area contributed by atoms with E-state index in [1.165, 1.54) is 41.3 Å². The Morgan fingerprint density at radius 3 is 2.08 bits per heavy atom. The van der Waals surface area contributed by atoms with E-state index in [1.807, 2.05) is 51.1 Å². The van der Waals surface area contributed by atoms with Gasteiger partial charge in [0.05, 0.1) is 17.2 Å². The zero-order valence-corrected chi connectivity index (χ0v) is 29.2. The highest BCUT2D eigenvalue weighted by atomic mass is 35.5. The van der Waals surface area contributed by atoms with E-state index in [-0.39, 0.29) is 39.6 Å². The van der Waals surface area contributed by atoms with Crippen molar-refractivity contribution >= 4 is 50.7 Å². The SMILES string of the molecule is CCOc1ccc(S(=O)(=O)N(CC(=O)N(Cc2c(Cl)cccc2Cl)[C@H](Cc2ccccc2)C(=O)N[C@H](C)CC)c2ccc(F)cc2)cc1. The van der Waals surface area contributed by atoms with Crippen LogP contribution in [0.3, 0.4) is 0 Å². The summed E-state index contributed by atoms with van der Waals surface area (Å²) in [7, 11) is -4.39. The molecule has 2 atom stereocenters. The first-order valence-corrected chi connectivity index (χ1v) is 17.7. The molecule has 0 spiro atoms. The van der Waals surface area contributed by atoms with Gasteiger partial charge in [-0.1, -0.05) is 66.5 Å². The van der Waals surface area contributed by atoms with Crippen LogP contribution in [0.4, 0.5) is 10.1 Å². The molecule has 0 aliphatic carbocycles. The monoisotopic (exact) mass is 713 g/mol. The summed E-state index contributed by atoms with van der Waals surface area (Å²) in [6.45, 7) is 5.07. The van der Waals surface area contributed by atoms with Crippen molar-refractivity contribution in [2.75, 3.05) is 17.5 Å². The van der Waals surface area contributed by atoms with Gasteiger partial charge in [-0.05, 0) is 86.5 Å². The number of amides is 2. The van der Waals surface area contributed by atoms with Crippen LogP contribution in [0.1, 0.15) is 38.3 Å². The van der Waals surface area contributed by atoms with E-state index in [0.717, 1.165) is 22.0 Å². The van der Waals surface area contributed by atoms with E-state index in [9.17, 15) is 22.4 Å². The molecule has 4 aromatic rings. The van der Waals surface area contributed by atoms with Crippen LogP contribution in [-0.4, -0.2) is 50.4 Å². The molecular weight excluding hydrogens is 676 g/mol. The second-order valence-electron chi connectivity index (χ2n) is 11.1. The zero-order valence-electron chi connectivity index (χ0n) is 26.9. The summed E-state index contributed by atoms with van der Waals surface area (Å²) in [6.07, 6.45) is 0.770. The fourth-order valence-electron chi connectivity index (χ4n) is 4.99. The summed E-state index contributed by atoms with van der Waals surface area (Å²) in [5.41, 5.74) is 1.23. The number of anilines is 1. The maximum atomic E-state index is 14.6. The molecule has 4 aromatic carbocycles. The van der Waals surface area contributed by atoms with Crippen LogP contribution in [0.5, 0.6) is 5.75 Å². The van der Waals surface area contributed by atoms with Crippen LogP contribution < -0.4 is 14.4 Å². The Morgan fingerprint density at radius 2 is 1.50 bits per heavy atom. The zero-order chi connectivity index (χ0) is 34.8. The van der Waals surface area contributed by atoms with E-state index in [1.54, 1.807) is 18.2 Å². The minimum absolute atomic E-state index is 0.0537. The summed E-state index contributed by atoms with van der Waals surface area (Å²) in [5.74, 6) is -1.24. The molecule has 4 rings (SSSR count). The number of nitrogens with zero attached hydrogens (tertiary/aromatic N) is 2. The van der Waals surface area contributed by atoms with Gasteiger partial charge < -0.3 is 15.0 Å². The maximum Gasteiger partial charge on any atom is 0.264 e. The molecule has 12 heteroatoms. The first-order valence-electron chi connectivity index (χ1n) is 15.5. The number of carbonyl (C=O) groups is 2. The Bertz CT molecular complexity index is 1770. The van der Waals surface area contributed by atoms with Crippen molar-refractivity contribution in [2.24, 2.45) is 0 Å². The highest BCUT2D eigenvalue weighted by Gasteiger charge is 2.35. The van der Waals surface area contributed by atoms with Gasteiger partial charge in [0.25, 0.3) is 10.0 Å². The van der Waals surface area contributed by atoms with Gasteiger partial charge >= 0.3 is 0 Å². The highest BCUT2D eigenvalue weighted by molar-refractivity contribution is 7.92. The number of benzene rings is 4. The number of carbonyl (C=O) groups excluding carboxylic acids is 2. The Kier molecular flexibility index (Phi) is 12.9. The smallest absolute Gasteiger partial charge is 0.264 e. The molecule has 0 radical (unpaired) electrons. The van der Waals surface area contributed by atoms with Gasteiger partial charge in [0.1, 0.15) is 24.2 Å². The van der Waals surface area contributed by atoms with Gasteiger partial charge in [-0.3, -0.25) is 13.9 Å². The second-order valence-corrected chi connectivity index (χ2v) is 13.8. The lowest BCUT2D eigenvalue weighted by Gasteiger charge is -2.34. The molecule has 0 saturated carbocycles. The van der Waals surface area contributed by atoms with Gasteiger partial charge in [-0.2, -0.15) is 0 Å². The Labute approximate surface area is 291 Å². The molecule has 48 heavy (non-hydrogen) atoms. The van der Waals surface area contributed by atoms with Gasteiger partial charge in [-0.15, -0.1) is 0 Å². The standard InChI is InChI=1S/C36H38Cl2FN3O5S/c1-4-25(3)40-36(44)34(22-26-10-7-6-8-11-26)41(23-31-32(37)12-9-13-33(31)38)35(43)24-42(28-16-14-27(39)15-17-28)48(45,46)30-20-18-29(19-21-30)47-5-2/h6-21,25,34H,4-5,22-24H2,1-3H3,(H,40,44)/t25-,34-/m1/s1. The summed E-state index contributed by atoms with van der Waals surface area (Å²) in [6, 6.07) is 23.4. The van der Waals surface area contributed by atoms with Gasteiger partial charge in [0.15, 0.2) is 0 Å². The minimum Gasteiger partial charge on any atom is -0.494 e. The molecule has 0 aliphatic heterocycles.